The van der Waals surface area contributed by atoms with Gasteiger partial charge in [-0.05, 0) is 12.5 Å². The molecule has 1 aliphatic heterocycles. The first-order valence-electron chi connectivity index (χ1n) is 4.88. The lowest BCUT2D eigenvalue weighted by atomic mass is 9.83. The van der Waals surface area contributed by atoms with Crippen molar-refractivity contribution in [1.29, 1.82) is 0 Å². The maximum Gasteiger partial charge on any atom is 0.139 e. The van der Waals surface area contributed by atoms with Gasteiger partial charge in [-0.25, -0.2) is 0 Å². The lowest BCUT2D eigenvalue weighted by Gasteiger charge is -2.32. The third-order valence-electron chi connectivity index (χ3n) is 2.94. The number of rotatable bonds is 2. The third-order valence-corrected chi connectivity index (χ3v) is 2.94. The zero-order valence-electron chi connectivity index (χ0n) is 7.99. The fourth-order valence-electron chi connectivity index (χ4n) is 1.61. The predicted molar refractivity (Wildman–Crippen MR) is 52.2 cm³/mol. The van der Waals surface area contributed by atoms with Crippen molar-refractivity contribution in [3.63, 3.8) is 0 Å². The highest BCUT2D eigenvalue weighted by molar-refractivity contribution is 5.88. The summed E-state index contributed by atoms with van der Waals surface area (Å²) in [5, 5.41) is 0. The molecule has 2 heteroatoms. The summed E-state index contributed by atoms with van der Waals surface area (Å²) in [4.78, 5) is 13.2. The fourth-order valence-corrected chi connectivity index (χ4v) is 1.61. The number of likely N-dealkylation sites (tertiary alicyclic amines) is 1. The first-order valence-corrected chi connectivity index (χ1v) is 4.88. The van der Waals surface area contributed by atoms with Crippen LogP contribution in [0.1, 0.15) is 19.3 Å². The van der Waals surface area contributed by atoms with Crippen molar-refractivity contribution >= 4 is 5.78 Å². The highest BCUT2D eigenvalue weighted by atomic mass is 16.1. The summed E-state index contributed by atoms with van der Waals surface area (Å²) < 4.78 is 0. The molecule has 0 radical (unpaired) electrons. The number of hydrogen-bond donors (Lipinski definition) is 0. The molecule has 0 aromatic rings. The van der Waals surface area contributed by atoms with Crippen LogP contribution in [0, 0.1) is 5.92 Å². The van der Waals surface area contributed by atoms with E-state index in [1.807, 2.05) is 12.2 Å². The molecule has 0 amide bonds. The Bertz CT molecular complexity index is 278. The Labute approximate surface area is 78.9 Å². The third kappa shape index (κ3) is 1.67. The molecule has 70 valence electrons. The van der Waals surface area contributed by atoms with Crippen LogP contribution in [0.15, 0.2) is 23.9 Å². The minimum atomic E-state index is 0.224. The summed E-state index contributed by atoms with van der Waals surface area (Å²) in [5.41, 5.74) is 1.38. The van der Waals surface area contributed by atoms with E-state index in [1.165, 1.54) is 18.7 Å². The molecule has 13 heavy (non-hydrogen) atoms. The summed E-state index contributed by atoms with van der Waals surface area (Å²) in [6.45, 7) is 1.17. The quantitative estimate of drug-likeness (QED) is 0.640. The Hall–Kier alpha value is -1.05. The summed E-state index contributed by atoms with van der Waals surface area (Å²) >= 11 is 0. The van der Waals surface area contributed by atoms with Gasteiger partial charge in [-0.1, -0.05) is 12.2 Å². The SMILES string of the molecule is CN1CCC1=CC=C[C@H]1CCC1=O. The molecule has 1 saturated heterocycles. The van der Waals surface area contributed by atoms with Gasteiger partial charge in [-0.3, -0.25) is 4.79 Å². The van der Waals surface area contributed by atoms with Crippen molar-refractivity contribution in [2.75, 3.05) is 13.6 Å². The second-order valence-corrected chi connectivity index (χ2v) is 3.83. The van der Waals surface area contributed by atoms with Gasteiger partial charge in [-0.2, -0.15) is 0 Å². The van der Waals surface area contributed by atoms with Crippen LogP contribution in [0.5, 0.6) is 0 Å². The minimum absolute atomic E-state index is 0.224. The van der Waals surface area contributed by atoms with Crippen LogP contribution in [0.2, 0.25) is 0 Å². The number of carbonyl (C=O) groups is 1. The van der Waals surface area contributed by atoms with E-state index in [-0.39, 0.29) is 5.92 Å². The van der Waals surface area contributed by atoms with E-state index < -0.39 is 0 Å². The molecule has 0 aromatic heterocycles. The van der Waals surface area contributed by atoms with Gasteiger partial charge in [0.1, 0.15) is 5.78 Å². The molecule has 0 aromatic carbocycles. The normalized spacial score (nSPS) is 30.8. The van der Waals surface area contributed by atoms with Gasteiger partial charge < -0.3 is 4.90 Å². The zero-order chi connectivity index (χ0) is 9.26. The van der Waals surface area contributed by atoms with Crippen LogP contribution >= 0.6 is 0 Å². The Kier molecular flexibility index (Phi) is 2.21. The second-order valence-electron chi connectivity index (χ2n) is 3.83. The monoisotopic (exact) mass is 177 g/mol. The molecule has 1 saturated carbocycles. The van der Waals surface area contributed by atoms with Gasteiger partial charge in [0, 0.05) is 38.0 Å². The summed E-state index contributed by atoms with van der Waals surface area (Å²) in [6.07, 6.45) is 9.20. The molecule has 2 nitrogen and oxygen atoms in total. The lowest BCUT2D eigenvalue weighted by Crippen LogP contribution is -2.30. The molecule has 2 fully saturated rings. The smallest absolute Gasteiger partial charge is 0.139 e. The summed E-state index contributed by atoms with van der Waals surface area (Å²) in [7, 11) is 2.09. The van der Waals surface area contributed by atoms with Gasteiger partial charge in [0.2, 0.25) is 0 Å². The highest BCUT2D eigenvalue weighted by Gasteiger charge is 2.24. The first-order chi connectivity index (χ1) is 6.27. The van der Waals surface area contributed by atoms with E-state index in [4.69, 9.17) is 0 Å². The average molecular weight is 177 g/mol. The molecule has 0 N–H and O–H groups in total. The van der Waals surface area contributed by atoms with E-state index in [0.29, 0.717) is 5.78 Å². The van der Waals surface area contributed by atoms with Gasteiger partial charge in [-0.15, -0.1) is 0 Å². The minimum Gasteiger partial charge on any atom is -0.377 e. The molecular weight excluding hydrogens is 162 g/mol. The fraction of sp³-hybridized carbons (Fsp3) is 0.545. The van der Waals surface area contributed by atoms with Gasteiger partial charge in [0.05, 0.1) is 0 Å². The molecule has 2 rings (SSSR count). The van der Waals surface area contributed by atoms with Crippen LogP contribution in [0.3, 0.4) is 0 Å². The Morgan fingerprint density at radius 3 is 2.69 bits per heavy atom. The van der Waals surface area contributed by atoms with Crippen molar-refractivity contribution in [2.24, 2.45) is 5.92 Å². The molecule has 0 bridgehead atoms. The van der Waals surface area contributed by atoms with Crippen LogP contribution < -0.4 is 0 Å². The molecule has 0 unspecified atom stereocenters. The van der Waals surface area contributed by atoms with E-state index >= 15 is 0 Å². The summed E-state index contributed by atoms with van der Waals surface area (Å²) in [6, 6.07) is 0. The number of Topliss-reactive ketones (excluding diaryl/α,β-unsaturated/α-hetero) is 1. The van der Waals surface area contributed by atoms with Crippen molar-refractivity contribution < 1.29 is 4.79 Å². The topological polar surface area (TPSA) is 20.3 Å². The first kappa shape index (κ1) is 8.54. The van der Waals surface area contributed by atoms with Gasteiger partial charge in [0.15, 0.2) is 0 Å². The maximum atomic E-state index is 11.0. The molecule has 0 spiro atoms. The van der Waals surface area contributed by atoms with Gasteiger partial charge in [0.25, 0.3) is 0 Å². The Balaban J connectivity index is 1.84. The number of allylic oxidation sites excluding steroid dienone is 3. The van der Waals surface area contributed by atoms with Crippen LogP contribution in [0.25, 0.3) is 0 Å². The highest BCUT2D eigenvalue weighted by Crippen LogP contribution is 2.24. The van der Waals surface area contributed by atoms with Crippen molar-refractivity contribution in [2.45, 2.75) is 19.3 Å². The lowest BCUT2D eigenvalue weighted by molar-refractivity contribution is -0.127. The van der Waals surface area contributed by atoms with E-state index in [1.54, 1.807) is 0 Å². The molecule has 1 atom stereocenters. The number of nitrogens with zero attached hydrogens (tertiary/aromatic N) is 1. The van der Waals surface area contributed by atoms with Crippen LogP contribution in [-0.2, 0) is 4.79 Å². The maximum absolute atomic E-state index is 11.0. The largest absolute Gasteiger partial charge is 0.377 e. The standard InChI is InChI=1S/C11H15NO/c1-12-8-7-10(12)4-2-3-9-5-6-11(9)13/h2-4,9H,5-8H2,1H3/t9-/m0/s1. The molecular formula is C11H15NO. The Morgan fingerprint density at radius 2 is 2.31 bits per heavy atom. The van der Waals surface area contributed by atoms with Crippen LogP contribution in [0.4, 0.5) is 0 Å². The average Bonchev–Trinajstić information content (AvgIpc) is 2.12. The number of ketones is 1. The molecule has 1 heterocycles. The van der Waals surface area contributed by atoms with Crippen molar-refractivity contribution in [3.05, 3.63) is 23.9 Å². The molecule has 1 aliphatic carbocycles. The van der Waals surface area contributed by atoms with E-state index in [0.717, 1.165) is 12.8 Å². The number of hydrogen-bond acceptors (Lipinski definition) is 2. The number of carbonyl (C=O) groups excluding carboxylic acids is 1. The van der Waals surface area contributed by atoms with Crippen LogP contribution in [-0.4, -0.2) is 24.3 Å². The van der Waals surface area contributed by atoms with Gasteiger partial charge >= 0.3 is 0 Å². The van der Waals surface area contributed by atoms with Crippen molar-refractivity contribution in [3.8, 4) is 0 Å². The Morgan fingerprint density at radius 1 is 1.46 bits per heavy atom. The predicted octanol–water partition coefficient (Wildman–Crippen LogP) is 1.74. The zero-order valence-corrected chi connectivity index (χ0v) is 7.99. The molecule has 2 aliphatic rings. The van der Waals surface area contributed by atoms with E-state index in [9.17, 15) is 4.79 Å². The summed E-state index contributed by atoms with van der Waals surface area (Å²) in [5.74, 6) is 0.624. The second kappa shape index (κ2) is 3.36. The van der Waals surface area contributed by atoms with E-state index in [2.05, 4.69) is 18.0 Å². The van der Waals surface area contributed by atoms with Crippen molar-refractivity contribution in [1.82, 2.24) is 4.90 Å².